The number of benzene rings is 1. The van der Waals surface area contributed by atoms with Crippen LogP contribution in [-0.2, 0) is 40.3 Å². The predicted molar refractivity (Wildman–Crippen MR) is 98.6 cm³/mol. The Hall–Kier alpha value is -2.24. The summed E-state index contributed by atoms with van der Waals surface area (Å²) in [5.41, 5.74) is 6.99. The zero-order valence-electron chi connectivity index (χ0n) is 15.3. The van der Waals surface area contributed by atoms with Gasteiger partial charge in [-0.2, -0.15) is 0 Å². The number of pyridine rings is 1. The average molecular weight is 352 g/mol. The second-order valence-electron chi connectivity index (χ2n) is 7.03. The molecule has 2 aliphatic rings. The molecule has 2 aliphatic heterocycles. The van der Waals surface area contributed by atoms with Crippen LogP contribution in [0.25, 0.3) is 11.3 Å². The molecule has 5 heteroatoms. The molecule has 0 fully saturated rings. The SMILES string of the molecule is COCC(=O)N1CCc2nc(-c3ccccc3)c3c(c2C1)CO[C@@H](C)C3. The van der Waals surface area contributed by atoms with Gasteiger partial charge in [-0.3, -0.25) is 9.78 Å². The fourth-order valence-electron chi connectivity index (χ4n) is 3.90. The zero-order valence-corrected chi connectivity index (χ0v) is 15.3. The average Bonchev–Trinajstić information content (AvgIpc) is 2.67. The van der Waals surface area contributed by atoms with Crippen LogP contribution in [0, 0.1) is 0 Å². The van der Waals surface area contributed by atoms with E-state index >= 15 is 0 Å². The summed E-state index contributed by atoms with van der Waals surface area (Å²) in [7, 11) is 1.56. The fourth-order valence-corrected chi connectivity index (χ4v) is 3.90. The van der Waals surface area contributed by atoms with Crippen LogP contribution in [0.1, 0.15) is 29.3 Å². The molecule has 5 nitrogen and oxygen atoms in total. The molecule has 1 atom stereocenters. The molecule has 1 aromatic carbocycles. The van der Waals surface area contributed by atoms with Crippen LogP contribution in [0.4, 0.5) is 0 Å². The van der Waals surface area contributed by atoms with Gasteiger partial charge < -0.3 is 14.4 Å². The second kappa shape index (κ2) is 7.17. The maximum atomic E-state index is 12.3. The predicted octanol–water partition coefficient (Wildman–Crippen LogP) is 2.74. The summed E-state index contributed by atoms with van der Waals surface area (Å²) in [6, 6.07) is 10.4. The summed E-state index contributed by atoms with van der Waals surface area (Å²) in [6.07, 6.45) is 1.80. The quantitative estimate of drug-likeness (QED) is 0.852. The van der Waals surface area contributed by atoms with E-state index in [2.05, 4.69) is 31.2 Å². The number of carbonyl (C=O) groups is 1. The maximum Gasteiger partial charge on any atom is 0.248 e. The Kier molecular flexibility index (Phi) is 4.74. The first-order valence-corrected chi connectivity index (χ1v) is 9.14. The third-order valence-electron chi connectivity index (χ3n) is 5.25. The molecule has 0 unspecified atom stereocenters. The Labute approximate surface area is 153 Å². The summed E-state index contributed by atoms with van der Waals surface area (Å²) in [5.74, 6) is 0.0316. The Bertz CT molecular complexity index is 820. The minimum absolute atomic E-state index is 0.0316. The van der Waals surface area contributed by atoms with Crippen molar-refractivity contribution < 1.29 is 14.3 Å². The summed E-state index contributed by atoms with van der Waals surface area (Å²) >= 11 is 0. The number of hydrogen-bond acceptors (Lipinski definition) is 4. The van der Waals surface area contributed by atoms with E-state index in [0.29, 0.717) is 19.7 Å². The molecular formula is C21H24N2O3. The van der Waals surface area contributed by atoms with Gasteiger partial charge in [0.15, 0.2) is 0 Å². The van der Waals surface area contributed by atoms with E-state index < -0.39 is 0 Å². The van der Waals surface area contributed by atoms with Gasteiger partial charge in [-0.1, -0.05) is 30.3 Å². The number of fused-ring (bicyclic) bond motifs is 3. The lowest BCUT2D eigenvalue weighted by Crippen LogP contribution is -2.39. The molecule has 0 bridgehead atoms. The molecule has 26 heavy (non-hydrogen) atoms. The smallest absolute Gasteiger partial charge is 0.248 e. The number of amides is 1. The molecule has 2 aromatic rings. The van der Waals surface area contributed by atoms with Crippen LogP contribution < -0.4 is 0 Å². The fraction of sp³-hybridized carbons (Fsp3) is 0.429. The second-order valence-corrected chi connectivity index (χ2v) is 7.03. The molecule has 0 radical (unpaired) electrons. The van der Waals surface area contributed by atoms with E-state index in [-0.39, 0.29) is 18.6 Å². The molecule has 136 valence electrons. The lowest BCUT2D eigenvalue weighted by atomic mass is 9.88. The van der Waals surface area contributed by atoms with Crippen LogP contribution in [0.15, 0.2) is 30.3 Å². The van der Waals surface area contributed by atoms with Crippen molar-refractivity contribution in [2.75, 3.05) is 20.3 Å². The van der Waals surface area contributed by atoms with Gasteiger partial charge in [-0.25, -0.2) is 0 Å². The molecular weight excluding hydrogens is 328 g/mol. The Morgan fingerprint density at radius 3 is 2.85 bits per heavy atom. The van der Waals surface area contributed by atoms with E-state index in [1.165, 1.54) is 16.7 Å². The third-order valence-corrected chi connectivity index (χ3v) is 5.25. The van der Waals surface area contributed by atoms with Gasteiger partial charge >= 0.3 is 0 Å². The van der Waals surface area contributed by atoms with E-state index in [9.17, 15) is 4.79 Å². The highest BCUT2D eigenvalue weighted by Gasteiger charge is 2.30. The number of methoxy groups -OCH3 is 1. The molecule has 0 N–H and O–H groups in total. The highest BCUT2D eigenvalue weighted by Crippen LogP contribution is 2.35. The Morgan fingerprint density at radius 1 is 1.27 bits per heavy atom. The van der Waals surface area contributed by atoms with Crippen LogP contribution >= 0.6 is 0 Å². The molecule has 1 amide bonds. The van der Waals surface area contributed by atoms with Gasteiger partial charge in [0.05, 0.1) is 18.4 Å². The van der Waals surface area contributed by atoms with Crippen molar-refractivity contribution in [3.8, 4) is 11.3 Å². The number of carbonyl (C=O) groups excluding carboxylic acids is 1. The van der Waals surface area contributed by atoms with Crippen molar-refractivity contribution in [3.63, 3.8) is 0 Å². The first kappa shape index (κ1) is 17.2. The van der Waals surface area contributed by atoms with Crippen LogP contribution in [0.2, 0.25) is 0 Å². The minimum atomic E-state index is 0.0316. The van der Waals surface area contributed by atoms with E-state index in [1.807, 2.05) is 11.0 Å². The van der Waals surface area contributed by atoms with Crippen molar-refractivity contribution in [1.82, 2.24) is 9.88 Å². The molecule has 0 saturated carbocycles. The summed E-state index contributed by atoms with van der Waals surface area (Å²) in [4.78, 5) is 19.2. The lowest BCUT2D eigenvalue weighted by molar-refractivity contribution is -0.136. The van der Waals surface area contributed by atoms with Crippen LogP contribution in [0.3, 0.4) is 0 Å². The molecule has 3 heterocycles. The molecule has 1 aromatic heterocycles. The van der Waals surface area contributed by atoms with Crippen molar-refractivity contribution in [3.05, 3.63) is 52.7 Å². The third kappa shape index (κ3) is 3.13. The normalized spacial score (nSPS) is 19.0. The molecule has 0 aliphatic carbocycles. The topological polar surface area (TPSA) is 51.7 Å². The highest BCUT2D eigenvalue weighted by atomic mass is 16.5. The number of nitrogens with zero attached hydrogens (tertiary/aromatic N) is 2. The van der Waals surface area contributed by atoms with Crippen LogP contribution in [0.5, 0.6) is 0 Å². The number of ether oxygens (including phenoxy) is 2. The largest absolute Gasteiger partial charge is 0.375 e. The monoisotopic (exact) mass is 352 g/mol. The molecule has 4 rings (SSSR count). The van der Waals surface area contributed by atoms with Gasteiger partial charge in [0, 0.05) is 44.3 Å². The standard InChI is InChI=1S/C21H24N2O3/c1-14-10-16-18(12-26-14)17-11-23(20(24)13-25-2)9-8-19(17)22-21(16)15-6-4-3-5-7-15/h3-7,14H,8-13H2,1-2H3/t14-/m0/s1. The van der Waals surface area contributed by atoms with Gasteiger partial charge in [0.1, 0.15) is 6.61 Å². The lowest BCUT2D eigenvalue weighted by Gasteiger charge is -2.34. The van der Waals surface area contributed by atoms with Crippen molar-refractivity contribution in [2.45, 2.75) is 39.0 Å². The van der Waals surface area contributed by atoms with Crippen molar-refractivity contribution in [2.24, 2.45) is 0 Å². The van der Waals surface area contributed by atoms with Crippen molar-refractivity contribution >= 4 is 5.91 Å². The number of aromatic nitrogens is 1. The summed E-state index contributed by atoms with van der Waals surface area (Å²) in [5, 5.41) is 0. The van der Waals surface area contributed by atoms with E-state index in [0.717, 1.165) is 29.8 Å². The van der Waals surface area contributed by atoms with E-state index in [1.54, 1.807) is 7.11 Å². The first-order valence-electron chi connectivity index (χ1n) is 9.14. The number of hydrogen-bond donors (Lipinski definition) is 0. The molecule has 0 spiro atoms. The van der Waals surface area contributed by atoms with Gasteiger partial charge in [-0.05, 0) is 23.6 Å². The minimum Gasteiger partial charge on any atom is -0.375 e. The van der Waals surface area contributed by atoms with Gasteiger partial charge in [-0.15, -0.1) is 0 Å². The summed E-state index contributed by atoms with van der Waals surface area (Å²) in [6.45, 7) is 4.10. The zero-order chi connectivity index (χ0) is 18.1. The van der Waals surface area contributed by atoms with E-state index in [4.69, 9.17) is 14.5 Å². The number of rotatable bonds is 3. The van der Waals surface area contributed by atoms with Crippen molar-refractivity contribution in [1.29, 1.82) is 0 Å². The van der Waals surface area contributed by atoms with Crippen LogP contribution in [-0.4, -0.2) is 42.2 Å². The Morgan fingerprint density at radius 2 is 2.08 bits per heavy atom. The Balaban J connectivity index is 1.78. The van der Waals surface area contributed by atoms with Gasteiger partial charge in [0.25, 0.3) is 0 Å². The molecule has 0 saturated heterocycles. The first-order chi connectivity index (χ1) is 12.7. The summed E-state index contributed by atoms with van der Waals surface area (Å²) < 4.78 is 11.0. The maximum absolute atomic E-state index is 12.3. The van der Waals surface area contributed by atoms with Gasteiger partial charge in [0.2, 0.25) is 5.91 Å². The highest BCUT2D eigenvalue weighted by molar-refractivity contribution is 5.78.